The van der Waals surface area contributed by atoms with Crippen LogP contribution >= 0.6 is 11.3 Å². The Hall–Kier alpha value is -1.57. The number of fused-ring (bicyclic) bond motifs is 1. The minimum absolute atomic E-state index is 0.175. The fourth-order valence-electron chi connectivity index (χ4n) is 1.40. The molecule has 0 fully saturated rings. The van der Waals surface area contributed by atoms with Gasteiger partial charge in [0.05, 0.1) is 28.1 Å². The van der Waals surface area contributed by atoms with Crippen LogP contribution in [0.15, 0.2) is 17.6 Å². The SMILES string of the molecule is Nc1c(NCC(F)(F)C(F)F)ccc2scnc12. The number of nitrogens with zero attached hydrogens (tertiary/aromatic N) is 1. The number of hydrogen-bond donors (Lipinski definition) is 2. The molecule has 0 aliphatic heterocycles. The van der Waals surface area contributed by atoms with E-state index in [1.54, 1.807) is 11.6 Å². The van der Waals surface area contributed by atoms with Gasteiger partial charge in [0.2, 0.25) is 0 Å². The van der Waals surface area contributed by atoms with E-state index in [9.17, 15) is 17.6 Å². The highest BCUT2D eigenvalue weighted by Crippen LogP contribution is 2.31. The van der Waals surface area contributed by atoms with Crippen LogP contribution in [0.1, 0.15) is 0 Å². The number of rotatable bonds is 4. The molecule has 8 heteroatoms. The maximum absolute atomic E-state index is 12.8. The van der Waals surface area contributed by atoms with Crippen LogP contribution in [0.5, 0.6) is 0 Å². The number of nitrogens with two attached hydrogens (primary N) is 1. The fourth-order valence-corrected chi connectivity index (χ4v) is 2.09. The van der Waals surface area contributed by atoms with Gasteiger partial charge in [-0.25, -0.2) is 13.8 Å². The summed E-state index contributed by atoms with van der Waals surface area (Å²) >= 11 is 1.35. The molecule has 0 radical (unpaired) electrons. The van der Waals surface area contributed by atoms with Gasteiger partial charge in [0.25, 0.3) is 0 Å². The number of hydrogen-bond acceptors (Lipinski definition) is 4. The summed E-state index contributed by atoms with van der Waals surface area (Å²) in [6.07, 6.45) is -3.71. The van der Waals surface area contributed by atoms with Gasteiger partial charge < -0.3 is 11.1 Å². The molecule has 98 valence electrons. The molecule has 18 heavy (non-hydrogen) atoms. The average molecular weight is 279 g/mol. The third kappa shape index (κ3) is 2.33. The lowest BCUT2D eigenvalue weighted by Crippen LogP contribution is -2.34. The normalized spacial score (nSPS) is 12.3. The average Bonchev–Trinajstić information content (AvgIpc) is 2.77. The summed E-state index contributed by atoms with van der Waals surface area (Å²) in [6, 6.07) is 3.11. The minimum atomic E-state index is -4.09. The molecule has 0 aliphatic carbocycles. The van der Waals surface area contributed by atoms with Gasteiger partial charge in [-0.05, 0) is 12.1 Å². The number of halogens is 4. The summed E-state index contributed by atoms with van der Waals surface area (Å²) in [5.74, 6) is -4.09. The van der Waals surface area contributed by atoms with E-state index < -0.39 is 18.9 Å². The Labute approximate surface area is 104 Å². The van der Waals surface area contributed by atoms with Crippen LogP contribution in [-0.4, -0.2) is 23.9 Å². The molecule has 0 saturated carbocycles. The lowest BCUT2D eigenvalue weighted by atomic mass is 10.2. The Morgan fingerprint density at radius 3 is 2.78 bits per heavy atom. The molecule has 0 unspecified atom stereocenters. The van der Waals surface area contributed by atoms with Gasteiger partial charge in [-0.3, -0.25) is 0 Å². The molecule has 2 rings (SSSR count). The van der Waals surface area contributed by atoms with Gasteiger partial charge in [-0.2, -0.15) is 8.78 Å². The third-order valence-corrected chi connectivity index (χ3v) is 3.17. The Morgan fingerprint density at radius 2 is 2.11 bits per heavy atom. The number of nitrogen functional groups attached to an aromatic ring is 1. The van der Waals surface area contributed by atoms with Crippen molar-refractivity contribution in [2.45, 2.75) is 12.3 Å². The van der Waals surface area contributed by atoms with Crippen molar-refractivity contribution in [1.82, 2.24) is 4.98 Å². The Bertz CT molecular complexity index is 555. The van der Waals surface area contributed by atoms with Crippen LogP contribution in [-0.2, 0) is 0 Å². The lowest BCUT2D eigenvalue weighted by molar-refractivity contribution is -0.117. The third-order valence-electron chi connectivity index (χ3n) is 2.38. The molecular formula is C10H9F4N3S. The summed E-state index contributed by atoms with van der Waals surface area (Å²) in [5.41, 5.74) is 8.12. The largest absolute Gasteiger partial charge is 0.395 e. The van der Waals surface area contributed by atoms with Crippen LogP contribution < -0.4 is 11.1 Å². The standard InChI is InChI=1S/C10H9F4N3S/c11-9(12)10(13,14)3-16-5-1-2-6-8(7(5)15)17-4-18-6/h1-2,4,9,16H,3,15H2. The quantitative estimate of drug-likeness (QED) is 0.667. The molecule has 0 spiro atoms. The molecule has 1 aromatic carbocycles. The summed E-state index contributed by atoms with van der Waals surface area (Å²) in [5, 5.41) is 2.23. The van der Waals surface area contributed by atoms with Crippen molar-refractivity contribution in [2.75, 3.05) is 17.6 Å². The van der Waals surface area contributed by atoms with E-state index in [0.29, 0.717) is 5.52 Å². The molecule has 0 bridgehead atoms. The number of alkyl halides is 4. The predicted molar refractivity (Wildman–Crippen MR) is 63.5 cm³/mol. The van der Waals surface area contributed by atoms with Crippen molar-refractivity contribution in [3.8, 4) is 0 Å². The monoisotopic (exact) mass is 279 g/mol. The van der Waals surface area contributed by atoms with E-state index in [2.05, 4.69) is 10.3 Å². The van der Waals surface area contributed by atoms with Gasteiger partial charge in [-0.15, -0.1) is 11.3 Å². The van der Waals surface area contributed by atoms with Gasteiger partial charge in [0.1, 0.15) is 5.52 Å². The van der Waals surface area contributed by atoms with Gasteiger partial charge >= 0.3 is 12.3 Å². The van der Waals surface area contributed by atoms with Crippen molar-refractivity contribution in [1.29, 1.82) is 0 Å². The van der Waals surface area contributed by atoms with Crippen molar-refractivity contribution in [3.05, 3.63) is 17.6 Å². The fraction of sp³-hybridized carbons (Fsp3) is 0.300. The highest BCUT2D eigenvalue weighted by atomic mass is 32.1. The molecule has 3 N–H and O–H groups in total. The van der Waals surface area contributed by atoms with E-state index >= 15 is 0 Å². The molecule has 2 aromatic rings. The zero-order chi connectivity index (χ0) is 13.3. The molecule has 0 amide bonds. The first-order valence-electron chi connectivity index (χ1n) is 4.93. The van der Waals surface area contributed by atoms with E-state index in [4.69, 9.17) is 5.73 Å². The summed E-state index contributed by atoms with van der Waals surface area (Å²) in [6.45, 7) is -1.18. The first-order valence-corrected chi connectivity index (χ1v) is 5.81. The minimum Gasteiger partial charge on any atom is -0.395 e. The molecular weight excluding hydrogens is 270 g/mol. The second-order valence-corrected chi connectivity index (χ2v) is 4.53. The summed E-state index contributed by atoms with van der Waals surface area (Å²) in [7, 11) is 0. The van der Waals surface area contributed by atoms with E-state index in [-0.39, 0.29) is 11.4 Å². The number of anilines is 2. The van der Waals surface area contributed by atoms with Crippen LogP contribution in [0, 0.1) is 0 Å². The molecule has 0 aliphatic rings. The molecule has 1 aromatic heterocycles. The first-order chi connectivity index (χ1) is 8.42. The number of aromatic nitrogens is 1. The van der Waals surface area contributed by atoms with Crippen molar-refractivity contribution in [3.63, 3.8) is 0 Å². The van der Waals surface area contributed by atoms with Gasteiger partial charge in [0.15, 0.2) is 0 Å². The Morgan fingerprint density at radius 1 is 1.39 bits per heavy atom. The second-order valence-electron chi connectivity index (χ2n) is 3.64. The molecule has 1 heterocycles. The lowest BCUT2D eigenvalue weighted by Gasteiger charge is -2.17. The van der Waals surface area contributed by atoms with Crippen LogP contribution in [0.25, 0.3) is 10.2 Å². The van der Waals surface area contributed by atoms with Gasteiger partial charge in [0, 0.05) is 0 Å². The van der Waals surface area contributed by atoms with E-state index in [1.807, 2.05) is 0 Å². The predicted octanol–water partition coefficient (Wildman–Crippen LogP) is 3.19. The van der Waals surface area contributed by atoms with Crippen molar-refractivity contribution < 1.29 is 17.6 Å². The highest BCUT2D eigenvalue weighted by Gasteiger charge is 2.40. The highest BCUT2D eigenvalue weighted by molar-refractivity contribution is 7.16. The van der Waals surface area contributed by atoms with Crippen LogP contribution in [0.3, 0.4) is 0 Å². The molecule has 3 nitrogen and oxygen atoms in total. The smallest absolute Gasteiger partial charge is 0.324 e. The van der Waals surface area contributed by atoms with Crippen molar-refractivity contribution in [2.24, 2.45) is 0 Å². The Kier molecular flexibility index (Phi) is 3.29. The maximum atomic E-state index is 12.8. The van der Waals surface area contributed by atoms with Crippen LogP contribution in [0.2, 0.25) is 0 Å². The molecule has 0 atom stereocenters. The molecule has 0 saturated heterocycles. The summed E-state index contributed by atoms with van der Waals surface area (Å²) < 4.78 is 50.3. The second kappa shape index (κ2) is 4.60. The number of benzene rings is 1. The number of thiazole rings is 1. The van der Waals surface area contributed by atoms with Gasteiger partial charge in [-0.1, -0.05) is 0 Å². The number of nitrogens with one attached hydrogen (secondary N) is 1. The van der Waals surface area contributed by atoms with E-state index in [1.165, 1.54) is 17.4 Å². The van der Waals surface area contributed by atoms with Crippen molar-refractivity contribution >= 4 is 32.9 Å². The first kappa shape index (κ1) is 12.9. The maximum Gasteiger partial charge on any atom is 0.324 e. The zero-order valence-corrected chi connectivity index (χ0v) is 9.78. The van der Waals surface area contributed by atoms with Crippen LogP contribution in [0.4, 0.5) is 28.9 Å². The summed E-state index contributed by atoms with van der Waals surface area (Å²) in [4.78, 5) is 3.98. The Balaban J connectivity index is 2.20. The van der Waals surface area contributed by atoms with E-state index in [0.717, 1.165) is 4.70 Å². The zero-order valence-electron chi connectivity index (χ0n) is 8.96. The topological polar surface area (TPSA) is 50.9 Å².